The molecule has 9 nitrogen and oxygen atoms in total. The lowest BCUT2D eigenvalue weighted by Gasteiger charge is -2.16. The van der Waals surface area contributed by atoms with E-state index in [1.807, 2.05) is 19.1 Å². The van der Waals surface area contributed by atoms with Crippen LogP contribution < -0.4 is 5.32 Å². The molecular weight excluding hydrogens is 416 g/mol. The molecule has 1 N–H and O–H groups in total. The minimum absolute atomic E-state index is 0.0631. The number of fused-ring (bicyclic) bond motifs is 5. The van der Waals surface area contributed by atoms with E-state index in [0.717, 1.165) is 17.7 Å². The van der Waals surface area contributed by atoms with Crippen LogP contribution in [0.5, 0.6) is 0 Å². The van der Waals surface area contributed by atoms with Crippen molar-refractivity contribution in [3.05, 3.63) is 42.0 Å². The third-order valence-corrected chi connectivity index (χ3v) is 6.05. The molecule has 4 atom stereocenters. The van der Waals surface area contributed by atoms with E-state index in [1.165, 1.54) is 24.3 Å². The molecule has 3 amide bonds. The highest BCUT2D eigenvalue weighted by Crippen LogP contribution is 2.52. The van der Waals surface area contributed by atoms with Gasteiger partial charge >= 0.3 is 11.9 Å². The van der Waals surface area contributed by atoms with Crippen LogP contribution in [0.15, 0.2) is 36.4 Å². The number of carbonyl (C=O) groups is 5. The maximum atomic E-state index is 12.6. The van der Waals surface area contributed by atoms with Crippen LogP contribution in [-0.2, 0) is 28.7 Å². The second-order valence-corrected chi connectivity index (χ2v) is 8.18. The Bertz CT molecular complexity index is 955. The summed E-state index contributed by atoms with van der Waals surface area (Å²) in [6.45, 7) is 1.17. The number of esters is 2. The number of nitrogens with one attached hydrogen (secondary N) is 1. The molecule has 0 spiro atoms. The fourth-order valence-electron chi connectivity index (χ4n) is 4.61. The summed E-state index contributed by atoms with van der Waals surface area (Å²) < 4.78 is 9.98. The van der Waals surface area contributed by atoms with Gasteiger partial charge in [0.2, 0.25) is 11.8 Å². The summed E-state index contributed by atoms with van der Waals surface area (Å²) in [7, 11) is 0. The highest BCUT2D eigenvalue weighted by Gasteiger charge is 2.59. The van der Waals surface area contributed by atoms with Crippen LogP contribution >= 0.6 is 0 Å². The Kier molecular flexibility index (Phi) is 6.07. The number of benzene rings is 1. The Morgan fingerprint density at radius 1 is 1.00 bits per heavy atom. The zero-order valence-electron chi connectivity index (χ0n) is 17.6. The summed E-state index contributed by atoms with van der Waals surface area (Å²) in [5.74, 6) is -3.16. The average molecular weight is 440 g/mol. The molecule has 0 unspecified atom stereocenters. The van der Waals surface area contributed by atoms with Gasteiger partial charge in [-0.3, -0.25) is 24.1 Å². The van der Waals surface area contributed by atoms with Crippen LogP contribution in [0.3, 0.4) is 0 Å². The van der Waals surface area contributed by atoms with Gasteiger partial charge < -0.3 is 14.8 Å². The number of likely N-dealkylation sites (tertiary alicyclic amines) is 1. The summed E-state index contributed by atoms with van der Waals surface area (Å²) in [6, 6.07) is 6.10. The van der Waals surface area contributed by atoms with Gasteiger partial charge in [0.15, 0.2) is 6.61 Å². The lowest BCUT2D eigenvalue weighted by Crippen LogP contribution is -2.38. The van der Waals surface area contributed by atoms with Crippen molar-refractivity contribution in [1.29, 1.82) is 0 Å². The molecule has 0 aromatic heterocycles. The lowest BCUT2D eigenvalue weighted by molar-refractivity contribution is -0.154. The zero-order valence-corrected chi connectivity index (χ0v) is 17.6. The molecule has 1 aromatic carbocycles. The van der Waals surface area contributed by atoms with E-state index >= 15 is 0 Å². The number of hydrogen-bond acceptors (Lipinski definition) is 7. The molecule has 2 aliphatic carbocycles. The summed E-state index contributed by atoms with van der Waals surface area (Å²) in [4.78, 5) is 62.1. The van der Waals surface area contributed by atoms with Crippen LogP contribution in [0.25, 0.3) is 0 Å². The fourth-order valence-corrected chi connectivity index (χ4v) is 4.61. The van der Waals surface area contributed by atoms with E-state index in [-0.39, 0.29) is 35.5 Å². The number of rotatable bonds is 8. The standard InChI is InChI=1S/C23H24N2O7/c1-2-9-31-23(30)13-5-7-16(8-6-13)24-17(26)12-32-18(27)11-25-21(28)19-14-3-4-15(10-14)20(19)22(25)29/h3-8,14-15,19-20H,2,9-12H2,1H3,(H,24,26)/t14-,15-,19-,20+/m0/s1. The molecule has 4 rings (SSSR count). The molecule has 1 aromatic rings. The molecule has 3 aliphatic rings. The molecular formula is C23H24N2O7. The van der Waals surface area contributed by atoms with Gasteiger partial charge in [-0.15, -0.1) is 0 Å². The second-order valence-electron chi connectivity index (χ2n) is 8.18. The summed E-state index contributed by atoms with van der Waals surface area (Å²) in [5.41, 5.74) is 0.773. The monoisotopic (exact) mass is 440 g/mol. The smallest absolute Gasteiger partial charge is 0.338 e. The number of carbonyl (C=O) groups excluding carboxylic acids is 5. The third-order valence-electron chi connectivity index (χ3n) is 6.05. The summed E-state index contributed by atoms with van der Waals surface area (Å²) in [5, 5.41) is 2.55. The first-order valence-corrected chi connectivity index (χ1v) is 10.6. The zero-order chi connectivity index (χ0) is 22.8. The first-order chi connectivity index (χ1) is 15.4. The lowest BCUT2D eigenvalue weighted by atomic mass is 9.85. The summed E-state index contributed by atoms with van der Waals surface area (Å²) >= 11 is 0. The number of ether oxygens (including phenoxy) is 2. The third kappa shape index (κ3) is 4.15. The molecule has 2 fully saturated rings. The maximum absolute atomic E-state index is 12.6. The molecule has 168 valence electrons. The van der Waals surface area contributed by atoms with Crippen molar-refractivity contribution in [1.82, 2.24) is 4.90 Å². The van der Waals surface area contributed by atoms with Gasteiger partial charge in [-0.1, -0.05) is 19.1 Å². The number of nitrogens with zero attached hydrogens (tertiary/aromatic N) is 1. The second kappa shape index (κ2) is 8.94. The number of anilines is 1. The van der Waals surface area contributed by atoms with Crippen molar-refractivity contribution in [2.45, 2.75) is 19.8 Å². The number of hydrogen-bond donors (Lipinski definition) is 1. The first kappa shape index (κ1) is 21.7. The van der Waals surface area contributed by atoms with E-state index in [9.17, 15) is 24.0 Å². The van der Waals surface area contributed by atoms with Gasteiger partial charge in [-0.2, -0.15) is 0 Å². The molecule has 0 radical (unpaired) electrons. The van der Waals surface area contributed by atoms with Crippen LogP contribution in [0.2, 0.25) is 0 Å². The van der Waals surface area contributed by atoms with E-state index in [4.69, 9.17) is 9.47 Å². The van der Waals surface area contributed by atoms with Crippen molar-refractivity contribution in [2.24, 2.45) is 23.7 Å². The van der Waals surface area contributed by atoms with Gasteiger partial charge in [0.05, 0.1) is 24.0 Å². The van der Waals surface area contributed by atoms with E-state index in [0.29, 0.717) is 17.9 Å². The van der Waals surface area contributed by atoms with E-state index < -0.39 is 31.0 Å². The molecule has 1 heterocycles. The Labute approximate surface area is 184 Å². The minimum atomic E-state index is -0.823. The summed E-state index contributed by atoms with van der Waals surface area (Å²) in [6.07, 6.45) is 5.48. The van der Waals surface area contributed by atoms with Crippen LogP contribution in [0, 0.1) is 23.7 Å². The van der Waals surface area contributed by atoms with Crippen LogP contribution in [0.4, 0.5) is 5.69 Å². The van der Waals surface area contributed by atoms with Crippen molar-refractivity contribution in [3.63, 3.8) is 0 Å². The molecule has 2 bridgehead atoms. The highest BCUT2D eigenvalue weighted by atomic mass is 16.5. The molecule has 9 heteroatoms. The van der Waals surface area contributed by atoms with Gasteiger partial charge in [-0.25, -0.2) is 4.79 Å². The topological polar surface area (TPSA) is 119 Å². The van der Waals surface area contributed by atoms with E-state index in [1.54, 1.807) is 0 Å². The molecule has 1 saturated carbocycles. The van der Waals surface area contributed by atoms with Gasteiger partial charge in [0, 0.05) is 5.69 Å². The number of imide groups is 1. The Hall–Kier alpha value is -3.49. The molecule has 32 heavy (non-hydrogen) atoms. The number of allylic oxidation sites excluding steroid dienone is 2. The first-order valence-electron chi connectivity index (χ1n) is 10.6. The fraction of sp³-hybridized carbons (Fsp3) is 0.435. The van der Waals surface area contributed by atoms with Crippen molar-refractivity contribution < 1.29 is 33.4 Å². The Morgan fingerprint density at radius 3 is 2.22 bits per heavy atom. The predicted molar refractivity (Wildman–Crippen MR) is 111 cm³/mol. The highest BCUT2D eigenvalue weighted by molar-refractivity contribution is 6.08. The van der Waals surface area contributed by atoms with Crippen LogP contribution in [-0.4, -0.2) is 54.3 Å². The number of amides is 3. The maximum Gasteiger partial charge on any atom is 0.338 e. The van der Waals surface area contributed by atoms with Gasteiger partial charge in [-0.05, 0) is 48.9 Å². The Morgan fingerprint density at radius 2 is 1.62 bits per heavy atom. The largest absolute Gasteiger partial charge is 0.462 e. The quantitative estimate of drug-likeness (QED) is 0.370. The Balaban J connectivity index is 1.23. The average Bonchev–Trinajstić information content (AvgIpc) is 3.47. The van der Waals surface area contributed by atoms with E-state index in [2.05, 4.69) is 5.32 Å². The predicted octanol–water partition coefficient (Wildman–Crippen LogP) is 1.54. The van der Waals surface area contributed by atoms with Gasteiger partial charge in [0.1, 0.15) is 6.54 Å². The molecule has 1 aliphatic heterocycles. The van der Waals surface area contributed by atoms with Gasteiger partial charge in [0.25, 0.3) is 5.91 Å². The SMILES string of the molecule is CCCOC(=O)c1ccc(NC(=O)COC(=O)CN2C(=O)[C@@H]3[C@H](C2=O)[C@H]2C=C[C@H]3C2)cc1. The van der Waals surface area contributed by atoms with Crippen molar-refractivity contribution >= 4 is 35.3 Å². The molecule has 1 saturated heterocycles. The minimum Gasteiger partial charge on any atom is -0.462 e. The normalized spacial score (nSPS) is 25.1. The van der Waals surface area contributed by atoms with Crippen molar-refractivity contribution in [3.8, 4) is 0 Å². The van der Waals surface area contributed by atoms with Crippen molar-refractivity contribution in [2.75, 3.05) is 25.1 Å². The van der Waals surface area contributed by atoms with Crippen LogP contribution in [0.1, 0.15) is 30.1 Å².